The molecule has 5 heteroatoms. The third-order valence-electron chi connectivity index (χ3n) is 2.94. The van der Waals surface area contributed by atoms with Gasteiger partial charge in [0.05, 0.1) is 18.5 Å². The zero-order valence-electron chi connectivity index (χ0n) is 11.5. The Morgan fingerprint density at radius 2 is 1.80 bits per heavy atom. The Morgan fingerprint density at radius 1 is 1.15 bits per heavy atom. The van der Waals surface area contributed by atoms with Crippen LogP contribution in [0.4, 0.5) is 21.9 Å². The minimum absolute atomic E-state index is 0.256. The number of hydrogen-bond donors (Lipinski definition) is 2. The molecule has 5 nitrogen and oxygen atoms in total. The number of methoxy groups -OCH3 is 1. The summed E-state index contributed by atoms with van der Waals surface area (Å²) in [6.45, 7) is 0. The highest BCUT2D eigenvalue weighted by Gasteiger charge is 2.12. The molecule has 20 heavy (non-hydrogen) atoms. The average molecular weight is 271 g/mol. The summed E-state index contributed by atoms with van der Waals surface area (Å²) in [5.74, 6) is 0.739. The molecule has 0 spiro atoms. The molecule has 0 saturated heterocycles. The summed E-state index contributed by atoms with van der Waals surface area (Å²) in [5, 5.41) is 2.79. The standard InChI is InChI=1S/C15H17N3O2/c1-18(14-6-4-3-5-13(14)16)15(19)17-11-7-9-12(20-2)10-8-11/h3-10H,16H2,1-2H3,(H,17,19). The van der Waals surface area contributed by atoms with E-state index in [1.807, 2.05) is 12.1 Å². The molecule has 0 fully saturated rings. The summed E-state index contributed by atoms with van der Waals surface area (Å²) in [5.41, 5.74) is 7.76. The maximum Gasteiger partial charge on any atom is 0.326 e. The molecule has 0 atom stereocenters. The van der Waals surface area contributed by atoms with Gasteiger partial charge in [0.25, 0.3) is 0 Å². The van der Waals surface area contributed by atoms with Crippen LogP contribution >= 0.6 is 0 Å². The van der Waals surface area contributed by atoms with Gasteiger partial charge in [-0.05, 0) is 36.4 Å². The van der Waals surface area contributed by atoms with Crippen molar-refractivity contribution in [2.24, 2.45) is 0 Å². The highest BCUT2D eigenvalue weighted by molar-refractivity contribution is 6.03. The van der Waals surface area contributed by atoms with Crippen LogP contribution in [-0.2, 0) is 0 Å². The van der Waals surface area contributed by atoms with E-state index in [4.69, 9.17) is 10.5 Å². The number of carbonyl (C=O) groups excluding carboxylic acids is 1. The van der Waals surface area contributed by atoms with Gasteiger partial charge in [-0.2, -0.15) is 0 Å². The smallest absolute Gasteiger partial charge is 0.326 e. The lowest BCUT2D eigenvalue weighted by Gasteiger charge is -2.19. The second-order valence-corrected chi connectivity index (χ2v) is 4.28. The predicted molar refractivity (Wildman–Crippen MR) is 81.3 cm³/mol. The summed E-state index contributed by atoms with van der Waals surface area (Å²) < 4.78 is 5.07. The Morgan fingerprint density at radius 3 is 2.40 bits per heavy atom. The molecule has 2 aromatic carbocycles. The lowest BCUT2D eigenvalue weighted by atomic mass is 10.2. The number of anilines is 3. The first-order valence-electron chi connectivity index (χ1n) is 6.15. The molecule has 0 aliphatic carbocycles. The van der Waals surface area contributed by atoms with E-state index < -0.39 is 0 Å². The summed E-state index contributed by atoms with van der Waals surface area (Å²) >= 11 is 0. The summed E-state index contributed by atoms with van der Waals surface area (Å²) in [4.78, 5) is 13.6. The minimum atomic E-state index is -0.256. The van der Waals surface area contributed by atoms with E-state index in [9.17, 15) is 4.79 Å². The van der Waals surface area contributed by atoms with Gasteiger partial charge in [0.2, 0.25) is 0 Å². The Balaban J connectivity index is 2.09. The van der Waals surface area contributed by atoms with Crippen molar-refractivity contribution in [1.82, 2.24) is 0 Å². The van der Waals surface area contributed by atoms with Gasteiger partial charge in [0.15, 0.2) is 0 Å². The van der Waals surface area contributed by atoms with E-state index in [1.165, 1.54) is 4.90 Å². The number of nitrogens with one attached hydrogen (secondary N) is 1. The van der Waals surface area contributed by atoms with Crippen molar-refractivity contribution in [1.29, 1.82) is 0 Å². The van der Waals surface area contributed by atoms with Crippen LogP contribution in [0.25, 0.3) is 0 Å². The molecule has 0 heterocycles. The maximum atomic E-state index is 12.1. The maximum absolute atomic E-state index is 12.1. The fourth-order valence-corrected chi connectivity index (χ4v) is 1.78. The molecular weight excluding hydrogens is 254 g/mol. The first-order chi connectivity index (χ1) is 9.61. The van der Waals surface area contributed by atoms with Gasteiger partial charge in [-0.15, -0.1) is 0 Å². The van der Waals surface area contributed by atoms with Gasteiger partial charge in [0.1, 0.15) is 5.75 Å². The topological polar surface area (TPSA) is 67.6 Å². The van der Waals surface area contributed by atoms with E-state index >= 15 is 0 Å². The lowest BCUT2D eigenvalue weighted by Crippen LogP contribution is -2.31. The van der Waals surface area contributed by atoms with E-state index in [2.05, 4.69) is 5.32 Å². The fraction of sp³-hybridized carbons (Fsp3) is 0.133. The summed E-state index contributed by atoms with van der Waals surface area (Å²) in [6, 6.07) is 14.1. The number of rotatable bonds is 3. The van der Waals surface area contributed by atoms with E-state index in [0.717, 1.165) is 5.75 Å². The van der Waals surface area contributed by atoms with E-state index in [0.29, 0.717) is 17.1 Å². The van der Waals surface area contributed by atoms with Crippen LogP contribution in [0.2, 0.25) is 0 Å². The van der Waals surface area contributed by atoms with Crippen molar-refractivity contribution >= 4 is 23.1 Å². The monoisotopic (exact) mass is 271 g/mol. The van der Waals surface area contributed by atoms with Gasteiger partial charge in [-0.25, -0.2) is 4.79 Å². The van der Waals surface area contributed by atoms with Crippen LogP contribution in [0.1, 0.15) is 0 Å². The van der Waals surface area contributed by atoms with Crippen molar-refractivity contribution in [3.8, 4) is 5.75 Å². The molecule has 0 aromatic heterocycles. The van der Waals surface area contributed by atoms with E-state index in [-0.39, 0.29) is 6.03 Å². The van der Waals surface area contributed by atoms with Crippen molar-refractivity contribution < 1.29 is 9.53 Å². The zero-order chi connectivity index (χ0) is 14.5. The summed E-state index contributed by atoms with van der Waals surface area (Å²) in [7, 11) is 3.27. The van der Waals surface area contributed by atoms with Crippen molar-refractivity contribution in [2.75, 3.05) is 30.1 Å². The first-order valence-corrected chi connectivity index (χ1v) is 6.15. The molecular formula is C15H17N3O2. The van der Waals surface area contributed by atoms with Crippen LogP contribution < -0.4 is 20.7 Å². The molecule has 3 N–H and O–H groups in total. The number of nitrogens with two attached hydrogens (primary N) is 1. The van der Waals surface area contributed by atoms with Crippen molar-refractivity contribution in [2.45, 2.75) is 0 Å². The molecule has 0 aliphatic heterocycles. The second kappa shape index (κ2) is 5.97. The third kappa shape index (κ3) is 3.00. The second-order valence-electron chi connectivity index (χ2n) is 4.28. The Labute approximate surface area is 118 Å². The summed E-state index contributed by atoms with van der Waals surface area (Å²) in [6.07, 6.45) is 0. The average Bonchev–Trinajstić information content (AvgIpc) is 2.48. The molecule has 0 aliphatic rings. The fourth-order valence-electron chi connectivity index (χ4n) is 1.78. The third-order valence-corrected chi connectivity index (χ3v) is 2.94. The lowest BCUT2D eigenvalue weighted by molar-refractivity contribution is 0.258. The Kier molecular flexibility index (Phi) is 4.10. The molecule has 0 saturated carbocycles. The first kappa shape index (κ1) is 13.7. The Bertz CT molecular complexity index is 596. The van der Waals surface area contributed by atoms with Gasteiger partial charge < -0.3 is 15.8 Å². The highest BCUT2D eigenvalue weighted by atomic mass is 16.5. The van der Waals surface area contributed by atoms with Crippen LogP contribution in [0.3, 0.4) is 0 Å². The van der Waals surface area contributed by atoms with Gasteiger partial charge in [-0.3, -0.25) is 4.90 Å². The number of amides is 2. The van der Waals surface area contributed by atoms with Gasteiger partial charge in [0, 0.05) is 12.7 Å². The zero-order valence-corrected chi connectivity index (χ0v) is 11.5. The molecule has 0 bridgehead atoms. The number of hydrogen-bond acceptors (Lipinski definition) is 3. The number of ether oxygens (including phenoxy) is 1. The number of urea groups is 1. The number of benzene rings is 2. The van der Waals surface area contributed by atoms with Crippen LogP contribution in [-0.4, -0.2) is 20.2 Å². The normalized spacial score (nSPS) is 9.90. The van der Waals surface area contributed by atoms with E-state index in [1.54, 1.807) is 50.6 Å². The van der Waals surface area contributed by atoms with Crippen molar-refractivity contribution in [3.63, 3.8) is 0 Å². The van der Waals surface area contributed by atoms with Crippen LogP contribution in [0.5, 0.6) is 5.75 Å². The number of para-hydroxylation sites is 2. The van der Waals surface area contributed by atoms with Gasteiger partial charge >= 0.3 is 6.03 Å². The van der Waals surface area contributed by atoms with Crippen LogP contribution in [0, 0.1) is 0 Å². The molecule has 2 amide bonds. The number of nitrogens with zero attached hydrogens (tertiary/aromatic N) is 1. The Hall–Kier alpha value is -2.69. The highest BCUT2D eigenvalue weighted by Crippen LogP contribution is 2.22. The van der Waals surface area contributed by atoms with Crippen molar-refractivity contribution in [3.05, 3.63) is 48.5 Å². The minimum Gasteiger partial charge on any atom is -0.497 e. The number of carbonyl (C=O) groups is 1. The van der Waals surface area contributed by atoms with Crippen LogP contribution in [0.15, 0.2) is 48.5 Å². The number of nitrogen functional groups attached to an aromatic ring is 1. The largest absolute Gasteiger partial charge is 0.497 e. The van der Waals surface area contributed by atoms with Gasteiger partial charge in [-0.1, -0.05) is 12.1 Å². The predicted octanol–water partition coefficient (Wildman–Crippen LogP) is 2.95. The SMILES string of the molecule is COc1ccc(NC(=O)N(C)c2ccccc2N)cc1. The molecule has 104 valence electrons. The molecule has 0 radical (unpaired) electrons. The quantitative estimate of drug-likeness (QED) is 0.843. The molecule has 0 unspecified atom stereocenters. The molecule has 2 rings (SSSR count). The molecule has 2 aromatic rings.